The normalized spacial score (nSPS) is 15.5. The molecule has 0 aliphatic carbocycles. The maximum atomic E-state index is 12.5. The number of nitro groups is 1. The lowest BCUT2D eigenvalue weighted by Crippen LogP contribution is -2.30. The van der Waals surface area contributed by atoms with Crippen LogP contribution >= 0.6 is 34.2 Å². The molecule has 10 heteroatoms. The fraction of sp³-hybridized carbons (Fsp3) is 0. The van der Waals surface area contributed by atoms with E-state index in [9.17, 15) is 24.8 Å². The van der Waals surface area contributed by atoms with E-state index in [-0.39, 0.29) is 26.3 Å². The van der Waals surface area contributed by atoms with Gasteiger partial charge in [-0.15, -0.1) is 0 Å². The van der Waals surface area contributed by atoms with Gasteiger partial charge in [0, 0.05) is 22.7 Å². The number of benzene rings is 2. The van der Waals surface area contributed by atoms with Crippen molar-refractivity contribution in [2.24, 2.45) is 0 Å². The number of urea groups is 1. The number of phenolic OH excluding ortho intramolecular Hbond substituents is 1. The first-order valence-electron chi connectivity index (χ1n) is 7.07. The van der Waals surface area contributed by atoms with E-state index >= 15 is 0 Å². The summed E-state index contributed by atoms with van der Waals surface area (Å²) in [6.45, 7) is 0. The second kappa shape index (κ2) is 6.92. The number of carbonyl (C=O) groups is 2. The van der Waals surface area contributed by atoms with E-state index in [4.69, 9.17) is 11.6 Å². The summed E-state index contributed by atoms with van der Waals surface area (Å²) in [7, 11) is 0. The van der Waals surface area contributed by atoms with Crippen molar-refractivity contribution in [3.63, 3.8) is 0 Å². The summed E-state index contributed by atoms with van der Waals surface area (Å²) in [5.74, 6) is -0.881. The molecule has 0 aromatic heterocycles. The number of rotatable bonds is 3. The monoisotopic (exact) mass is 485 g/mol. The number of amides is 3. The van der Waals surface area contributed by atoms with Crippen molar-refractivity contribution >= 4 is 63.6 Å². The molecule has 132 valence electrons. The van der Waals surface area contributed by atoms with Gasteiger partial charge in [0.2, 0.25) is 0 Å². The topological polar surface area (TPSA) is 113 Å². The van der Waals surface area contributed by atoms with Crippen molar-refractivity contribution < 1.29 is 19.6 Å². The summed E-state index contributed by atoms with van der Waals surface area (Å²) < 4.78 is 0.245. The molecule has 1 aliphatic heterocycles. The summed E-state index contributed by atoms with van der Waals surface area (Å²) in [5.41, 5.74) is 0.00489. The fourth-order valence-electron chi connectivity index (χ4n) is 2.34. The first-order chi connectivity index (χ1) is 12.3. The summed E-state index contributed by atoms with van der Waals surface area (Å²) in [6.07, 6.45) is 1.20. The molecular weight excluding hydrogens is 477 g/mol. The highest BCUT2D eigenvalue weighted by molar-refractivity contribution is 14.1. The van der Waals surface area contributed by atoms with E-state index < -0.39 is 16.9 Å². The summed E-state index contributed by atoms with van der Waals surface area (Å²) in [4.78, 5) is 36.0. The third-order valence-corrected chi connectivity index (χ3v) is 4.63. The van der Waals surface area contributed by atoms with Crippen LogP contribution in [-0.2, 0) is 4.79 Å². The van der Waals surface area contributed by atoms with E-state index in [1.165, 1.54) is 36.4 Å². The number of halogens is 2. The molecule has 2 N–H and O–H groups in total. The van der Waals surface area contributed by atoms with Crippen molar-refractivity contribution in [1.82, 2.24) is 5.32 Å². The number of carbonyl (C=O) groups excluding carboxylic acids is 2. The van der Waals surface area contributed by atoms with Crippen molar-refractivity contribution in [3.05, 3.63) is 66.4 Å². The van der Waals surface area contributed by atoms with Gasteiger partial charge in [-0.2, -0.15) is 0 Å². The van der Waals surface area contributed by atoms with Gasteiger partial charge in [-0.25, -0.2) is 9.69 Å². The Hall–Kier alpha value is -2.66. The molecule has 2 aromatic carbocycles. The van der Waals surface area contributed by atoms with Gasteiger partial charge in [0.05, 0.1) is 14.2 Å². The van der Waals surface area contributed by atoms with E-state index in [1.54, 1.807) is 22.6 Å². The lowest BCUT2D eigenvalue weighted by Gasteiger charge is -2.11. The highest BCUT2D eigenvalue weighted by Crippen LogP contribution is 2.32. The minimum Gasteiger partial charge on any atom is -0.506 e. The minimum atomic E-state index is -0.678. The van der Waals surface area contributed by atoms with Crippen molar-refractivity contribution in [3.8, 4) is 5.75 Å². The molecule has 26 heavy (non-hydrogen) atoms. The summed E-state index contributed by atoms with van der Waals surface area (Å²) in [6, 6.07) is 7.74. The Labute approximate surface area is 165 Å². The molecule has 0 atom stereocenters. The van der Waals surface area contributed by atoms with E-state index in [1.807, 2.05) is 0 Å². The van der Waals surface area contributed by atoms with Crippen LogP contribution < -0.4 is 10.2 Å². The first-order valence-corrected chi connectivity index (χ1v) is 8.53. The third kappa shape index (κ3) is 3.35. The van der Waals surface area contributed by atoms with E-state index in [0.717, 1.165) is 11.0 Å². The SMILES string of the molecule is O=C1N/C(=C/c2cc([N+](=O)[O-])cc(I)c2O)C(=O)N1c1ccc(Cl)cc1. The van der Waals surface area contributed by atoms with Gasteiger partial charge < -0.3 is 10.4 Å². The van der Waals surface area contributed by atoms with Crippen LogP contribution in [0.1, 0.15) is 5.56 Å². The second-order valence-corrected chi connectivity index (χ2v) is 6.83. The van der Waals surface area contributed by atoms with Crippen molar-refractivity contribution in [2.45, 2.75) is 0 Å². The Morgan fingerprint density at radius 3 is 2.50 bits per heavy atom. The van der Waals surface area contributed by atoms with Crippen LogP contribution in [0, 0.1) is 13.7 Å². The molecule has 1 heterocycles. The van der Waals surface area contributed by atoms with Gasteiger partial charge in [-0.3, -0.25) is 14.9 Å². The van der Waals surface area contributed by atoms with E-state index in [0.29, 0.717) is 10.7 Å². The lowest BCUT2D eigenvalue weighted by atomic mass is 10.1. The number of non-ortho nitro benzene ring substituents is 1. The van der Waals surface area contributed by atoms with Crippen molar-refractivity contribution in [2.75, 3.05) is 4.90 Å². The second-order valence-electron chi connectivity index (χ2n) is 5.23. The lowest BCUT2D eigenvalue weighted by molar-refractivity contribution is -0.385. The highest BCUT2D eigenvalue weighted by Gasteiger charge is 2.35. The van der Waals surface area contributed by atoms with E-state index in [2.05, 4.69) is 5.32 Å². The standard InChI is InChI=1S/C16H9ClIN3O5/c17-9-1-3-10(4-2-9)20-15(23)13(19-16(20)24)6-8-5-11(21(25)26)7-12(18)14(8)22/h1-7,22H,(H,19,24)/b13-6+. The predicted octanol–water partition coefficient (Wildman–Crippen LogP) is 3.66. The smallest absolute Gasteiger partial charge is 0.333 e. The maximum absolute atomic E-state index is 12.5. The molecule has 0 radical (unpaired) electrons. The Balaban J connectivity index is 2.01. The molecule has 1 fully saturated rings. The average Bonchev–Trinajstić information content (AvgIpc) is 2.86. The Morgan fingerprint density at radius 2 is 1.88 bits per heavy atom. The summed E-state index contributed by atoms with van der Waals surface area (Å²) >= 11 is 7.54. The Morgan fingerprint density at radius 1 is 1.23 bits per heavy atom. The molecule has 0 unspecified atom stereocenters. The quantitative estimate of drug-likeness (QED) is 0.227. The average molecular weight is 486 g/mol. The van der Waals surface area contributed by atoms with Gasteiger partial charge >= 0.3 is 6.03 Å². The number of aromatic hydroxyl groups is 1. The number of nitrogens with zero attached hydrogens (tertiary/aromatic N) is 2. The van der Waals surface area contributed by atoms with Gasteiger partial charge in [0.15, 0.2) is 0 Å². The molecular formula is C16H9ClIN3O5. The fourth-order valence-corrected chi connectivity index (χ4v) is 3.09. The number of phenols is 1. The predicted molar refractivity (Wildman–Crippen MR) is 103 cm³/mol. The van der Waals surface area contributed by atoms with Crippen LogP contribution in [0.2, 0.25) is 5.02 Å². The Bertz CT molecular complexity index is 975. The molecule has 2 aromatic rings. The molecule has 0 bridgehead atoms. The molecule has 3 rings (SSSR count). The van der Waals surface area contributed by atoms with Gasteiger partial charge in [-0.1, -0.05) is 11.6 Å². The molecule has 0 spiro atoms. The highest BCUT2D eigenvalue weighted by atomic mass is 127. The number of hydrogen-bond donors (Lipinski definition) is 2. The minimum absolute atomic E-state index is 0.0465. The van der Waals surface area contributed by atoms with Crippen LogP contribution in [0.4, 0.5) is 16.2 Å². The van der Waals surface area contributed by atoms with Crippen LogP contribution in [-0.4, -0.2) is 22.0 Å². The zero-order valence-electron chi connectivity index (χ0n) is 12.8. The number of hydrogen-bond acceptors (Lipinski definition) is 5. The van der Waals surface area contributed by atoms with Crippen molar-refractivity contribution in [1.29, 1.82) is 0 Å². The summed E-state index contributed by atoms with van der Waals surface area (Å²) in [5, 5.41) is 23.9. The van der Waals surface area contributed by atoms with Crippen LogP contribution in [0.15, 0.2) is 42.1 Å². The third-order valence-electron chi connectivity index (χ3n) is 3.55. The zero-order valence-corrected chi connectivity index (χ0v) is 15.7. The molecule has 1 aliphatic rings. The maximum Gasteiger partial charge on any atom is 0.333 e. The van der Waals surface area contributed by atoms with Gasteiger partial charge in [-0.05, 0) is 52.9 Å². The molecule has 8 nitrogen and oxygen atoms in total. The van der Waals surface area contributed by atoms with Crippen LogP contribution in [0.5, 0.6) is 5.75 Å². The first kappa shape index (κ1) is 18.1. The number of anilines is 1. The number of nitrogens with one attached hydrogen (secondary N) is 1. The number of imide groups is 1. The van der Waals surface area contributed by atoms with Crippen LogP contribution in [0.3, 0.4) is 0 Å². The largest absolute Gasteiger partial charge is 0.506 e. The Kier molecular flexibility index (Phi) is 4.83. The van der Waals surface area contributed by atoms with Gasteiger partial charge in [0.25, 0.3) is 11.6 Å². The number of nitro benzene ring substituents is 1. The molecule has 3 amide bonds. The van der Waals surface area contributed by atoms with Gasteiger partial charge in [0.1, 0.15) is 11.4 Å². The van der Waals surface area contributed by atoms with Crippen LogP contribution in [0.25, 0.3) is 6.08 Å². The zero-order chi connectivity index (χ0) is 19.0. The molecule has 1 saturated heterocycles. The molecule has 0 saturated carbocycles.